The Kier molecular flexibility index (Phi) is 4.75. The van der Waals surface area contributed by atoms with Gasteiger partial charge in [0.05, 0.1) is 43.1 Å². The van der Waals surface area contributed by atoms with Crippen LogP contribution in [0, 0.1) is 56.7 Å². The predicted molar refractivity (Wildman–Crippen MR) is 98.7 cm³/mol. The van der Waals surface area contributed by atoms with Gasteiger partial charge in [-0.1, -0.05) is 12.1 Å². The van der Waals surface area contributed by atoms with E-state index in [4.69, 9.17) is 5.41 Å². The van der Waals surface area contributed by atoms with Gasteiger partial charge in [-0.25, -0.2) is 0 Å². The van der Waals surface area contributed by atoms with Crippen molar-refractivity contribution in [2.24, 2.45) is 17.3 Å². The molecule has 1 heterocycles. The molecule has 1 aliphatic carbocycles. The van der Waals surface area contributed by atoms with Crippen LogP contribution in [0.2, 0.25) is 0 Å². The summed E-state index contributed by atoms with van der Waals surface area (Å²) in [5.74, 6) is -1.61. The van der Waals surface area contributed by atoms with Crippen LogP contribution in [0.3, 0.4) is 0 Å². The van der Waals surface area contributed by atoms with Crippen molar-refractivity contribution in [3.05, 3.63) is 41.5 Å². The number of phenols is 1. The van der Waals surface area contributed by atoms with E-state index in [9.17, 15) is 20.9 Å². The third-order valence-electron chi connectivity index (χ3n) is 5.95. The zero-order valence-electron chi connectivity index (χ0n) is 15.4. The van der Waals surface area contributed by atoms with Crippen LogP contribution in [0.5, 0.6) is 5.75 Å². The molecule has 0 spiro atoms. The van der Waals surface area contributed by atoms with Gasteiger partial charge in [0, 0.05) is 11.8 Å². The van der Waals surface area contributed by atoms with Gasteiger partial charge in [-0.2, -0.15) is 15.8 Å². The summed E-state index contributed by atoms with van der Waals surface area (Å²) in [6.07, 6.45) is 2.01. The van der Waals surface area contributed by atoms with E-state index in [1.54, 1.807) is 24.3 Å². The van der Waals surface area contributed by atoms with E-state index >= 15 is 0 Å². The van der Waals surface area contributed by atoms with Crippen molar-refractivity contribution in [3.8, 4) is 24.0 Å². The first kappa shape index (κ1) is 18.6. The summed E-state index contributed by atoms with van der Waals surface area (Å²) >= 11 is 0. The highest BCUT2D eigenvalue weighted by molar-refractivity contribution is 6.00. The fraction of sp³-hybridized carbons (Fsp3) is 0.429. The topological polar surface area (TPSA) is 120 Å². The van der Waals surface area contributed by atoms with Crippen molar-refractivity contribution >= 4 is 5.71 Å². The molecule has 1 fully saturated rings. The van der Waals surface area contributed by atoms with E-state index in [1.807, 2.05) is 6.08 Å². The van der Waals surface area contributed by atoms with E-state index in [0.29, 0.717) is 18.2 Å². The summed E-state index contributed by atoms with van der Waals surface area (Å²) in [6.45, 7) is 5.67. The normalized spacial score (nSPS) is 29.0. The maximum absolute atomic E-state index is 9.98. The van der Waals surface area contributed by atoms with E-state index in [1.165, 1.54) is 4.90 Å². The lowest BCUT2D eigenvalue weighted by molar-refractivity contribution is -0.920. The van der Waals surface area contributed by atoms with Gasteiger partial charge in [0.2, 0.25) is 0 Å². The largest absolute Gasteiger partial charge is 0.508 e. The third-order valence-corrected chi connectivity index (χ3v) is 5.95. The predicted octanol–water partition coefficient (Wildman–Crippen LogP) is 1.53. The molecule has 4 atom stereocenters. The standard InChI is InChI=1S/C21H21N5O/c1-13(2)26-7-6-16-17(9-22)20(25)21(11-23,12-24)19(18(16)10-26)14-4-3-5-15(27)8-14/h3-6,8,13,17-19,25,27H,7,10H2,1-2H3/p+1/t17?,18-,19-/m0/s1. The molecule has 6 heteroatoms. The quantitative estimate of drug-likeness (QED) is 0.693. The summed E-state index contributed by atoms with van der Waals surface area (Å²) in [5, 5.41) is 48.2. The lowest BCUT2D eigenvalue weighted by atomic mass is 9.54. The number of phenolic OH excluding ortho intramolecular Hbond substituents is 1. The zero-order valence-corrected chi connectivity index (χ0v) is 15.4. The number of aromatic hydroxyl groups is 1. The minimum absolute atomic E-state index is 0.0561. The molecule has 1 aromatic carbocycles. The van der Waals surface area contributed by atoms with Crippen molar-refractivity contribution in [2.45, 2.75) is 25.8 Å². The van der Waals surface area contributed by atoms with Crippen LogP contribution >= 0.6 is 0 Å². The van der Waals surface area contributed by atoms with Crippen LogP contribution in [0.25, 0.3) is 0 Å². The van der Waals surface area contributed by atoms with Gasteiger partial charge in [0.1, 0.15) is 11.7 Å². The Balaban J connectivity index is 2.25. The molecule has 1 aromatic rings. The molecule has 2 unspecified atom stereocenters. The molecule has 2 aliphatic rings. The van der Waals surface area contributed by atoms with Crippen molar-refractivity contribution in [1.82, 2.24) is 0 Å². The molecule has 0 saturated heterocycles. The van der Waals surface area contributed by atoms with Crippen LogP contribution in [0.4, 0.5) is 0 Å². The monoisotopic (exact) mass is 360 g/mol. The second-order valence-corrected chi connectivity index (χ2v) is 7.61. The molecular weight excluding hydrogens is 338 g/mol. The average molecular weight is 360 g/mol. The number of rotatable bonds is 2. The smallest absolute Gasteiger partial charge is 0.189 e. The van der Waals surface area contributed by atoms with Crippen LogP contribution in [0.15, 0.2) is 35.9 Å². The molecule has 27 heavy (non-hydrogen) atoms. The highest BCUT2D eigenvalue weighted by atomic mass is 16.3. The number of nitrogens with one attached hydrogen (secondary N) is 2. The Morgan fingerprint density at radius 2 is 1.96 bits per heavy atom. The van der Waals surface area contributed by atoms with Crippen LogP contribution < -0.4 is 4.90 Å². The SMILES string of the molecule is CC(C)[NH+]1CC=C2C(C#N)C(=N)C(C#N)(C#N)[C@@H](c3cccc(O)c3)[C@H]2C1. The first-order valence-electron chi connectivity index (χ1n) is 9.04. The first-order valence-corrected chi connectivity index (χ1v) is 9.04. The Morgan fingerprint density at radius 1 is 1.26 bits per heavy atom. The molecule has 1 aliphatic heterocycles. The summed E-state index contributed by atoms with van der Waals surface area (Å²) in [4.78, 5) is 1.31. The molecule has 3 N–H and O–H groups in total. The van der Waals surface area contributed by atoms with E-state index in [-0.39, 0.29) is 17.4 Å². The lowest BCUT2D eigenvalue weighted by Gasteiger charge is -2.47. The second-order valence-electron chi connectivity index (χ2n) is 7.61. The first-order chi connectivity index (χ1) is 12.9. The lowest BCUT2D eigenvalue weighted by Crippen LogP contribution is -3.16. The minimum Gasteiger partial charge on any atom is -0.508 e. The van der Waals surface area contributed by atoms with Gasteiger partial charge >= 0.3 is 0 Å². The summed E-state index contributed by atoms with van der Waals surface area (Å²) in [7, 11) is 0. The fourth-order valence-electron chi connectivity index (χ4n) is 4.49. The Bertz CT molecular complexity index is 913. The summed E-state index contributed by atoms with van der Waals surface area (Å²) < 4.78 is 0. The van der Waals surface area contributed by atoms with E-state index < -0.39 is 17.3 Å². The van der Waals surface area contributed by atoms with Crippen molar-refractivity contribution in [2.75, 3.05) is 13.1 Å². The molecule has 6 nitrogen and oxygen atoms in total. The van der Waals surface area contributed by atoms with Crippen molar-refractivity contribution < 1.29 is 10.0 Å². The molecule has 1 saturated carbocycles. The highest BCUT2D eigenvalue weighted by Gasteiger charge is 2.58. The number of nitrogens with zero attached hydrogens (tertiary/aromatic N) is 3. The average Bonchev–Trinajstić information content (AvgIpc) is 2.66. The van der Waals surface area contributed by atoms with Gasteiger partial charge < -0.3 is 15.4 Å². The summed E-state index contributed by atoms with van der Waals surface area (Å²) in [6, 6.07) is 13.2. The number of benzene rings is 1. The van der Waals surface area contributed by atoms with Gasteiger partial charge in [0.15, 0.2) is 5.41 Å². The molecule has 0 aromatic heterocycles. The number of hydrogen-bond acceptors (Lipinski definition) is 5. The molecule has 0 amide bonds. The van der Waals surface area contributed by atoms with Crippen LogP contribution in [-0.2, 0) is 0 Å². The molecule has 0 bridgehead atoms. The van der Waals surface area contributed by atoms with E-state index in [2.05, 4.69) is 32.1 Å². The van der Waals surface area contributed by atoms with Gasteiger partial charge in [-0.3, -0.25) is 0 Å². The summed E-state index contributed by atoms with van der Waals surface area (Å²) in [5.41, 5.74) is -0.393. The molecule has 3 rings (SSSR count). The Hall–Kier alpha value is -3.14. The zero-order chi connectivity index (χ0) is 19.8. The number of hydrogen-bond donors (Lipinski definition) is 3. The van der Waals surface area contributed by atoms with Crippen LogP contribution in [0.1, 0.15) is 25.3 Å². The van der Waals surface area contributed by atoms with E-state index in [0.717, 1.165) is 12.1 Å². The van der Waals surface area contributed by atoms with Crippen LogP contribution in [-0.4, -0.2) is 29.9 Å². The second kappa shape index (κ2) is 6.88. The van der Waals surface area contributed by atoms with Crippen molar-refractivity contribution in [1.29, 1.82) is 21.2 Å². The molecular formula is C21H22N5O+. The molecule has 0 radical (unpaired) electrons. The maximum Gasteiger partial charge on any atom is 0.189 e. The minimum atomic E-state index is -1.73. The fourth-order valence-corrected chi connectivity index (χ4v) is 4.49. The third kappa shape index (κ3) is 2.78. The number of fused-ring (bicyclic) bond motifs is 1. The van der Waals surface area contributed by atoms with Gasteiger partial charge in [-0.05, 0) is 43.2 Å². The number of nitriles is 3. The Labute approximate surface area is 159 Å². The Morgan fingerprint density at radius 3 is 2.52 bits per heavy atom. The van der Waals surface area contributed by atoms with Gasteiger partial charge in [-0.15, -0.1) is 0 Å². The molecule has 136 valence electrons. The maximum atomic E-state index is 9.98. The van der Waals surface area contributed by atoms with Gasteiger partial charge in [0.25, 0.3) is 0 Å². The highest BCUT2D eigenvalue weighted by Crippen LogP contribution is 2.52. The number of quaternary nitrogens is 1. The van der Waals surface area contributed by atoms with Crippen molar-refractivity contribution in [3.63, 3.8) is 0 Å².